The zero-order chi connectivity index (χ0) is 12.5. The van der Waals surface area contributed by atoms with Crippen molar-refractivity contribution in [3.05, 3.63) is 30.1 Å². The summed E-state index contributed by atoms with van der Waals surface area (Å²) in [7, 11) is 2.12. The molecule has 1 aliphatic rings. The van der Waals surface area contributed by atoms with Gasteiger partial charge in [-0.15, -0.1) is 0 Å². The predicted octanol–water partition coefficient (Wildman–Crippen LogP) is 2.65. The molecule has 3 rings (SSSR count). The number of aryl methyl sites for hydroxylation is 1. The summed E-state index contributed by atoms with van der Waals surface area (Å²) in [6.45, 7) is 2.28. The van der Waals surface area contributed by atoms with Crippen LogP contribution >= 0.6 is 0 Å². The van der Waals surface area contributed by atoms with Crippen LogP contribution in [0.15, 0.2) is 24.3 Å². The number of piperidine rings is 1. The van der Waals surface area contributed by atoms with E-state index in [1.807, 2.05) is 0 Å². The Kier molecular flexibility index (Phi) is 3.08. The molecule has 1 saturated heterocycles. The summed E-state index contributed by atoms with van der Waals surface area (Å²) in [5.74, 6) is 1.20. The van der Waals surface area contributed by atoms with E-state index >= 15 is 0 Å². The van der Waals surface area contributed by atoms with E-state index < -0.39 is 0 Å². The van der Waals surface area contributed by atoms with Gasteiger partial charge >= 0.3 is 0 Å². The van der Waals surface area contributed by atoms with Crippen LogP contribution in [0, 0.1) is 0 Å². The van der Waals surface area contributed by atoms with Crippen molar-refractivity contribution in [2.45, 2.75) is 44.7 Å². The molecule has 0 amide bonds. The highest BCUT2D eigenvalue weighted by molar-refractivity contribution is 5.75. The fourth-order valence-electron chi connectivity index (χ4n) is 3.00. The zero-order valence-electron chi connectivity index (χ0n) is 11.2. The van der Waals surface area contributed by atoms with E-state index in [-0.39, 0.29) is 0 Å². The summed E-state index contributed by atoms with van der Waals surface area (Å²) in [6, 6.07) is 9.61. The Bertz CT molecular complexity index is 544. The second kappa shape index (κ2) is 4.73. The van der Waals surface area contributed by atoms with Crippen LogP contribution in [0.2, 0.25) is 0 Å². The first kappa shape index (κ1) is 11.7. The van der Waals surface area contributed by atoms with Gasteiger partial charge in [0.2, 0.25) is 0 Å². The standard InChI is InChI=1S/C15H21N3/c1-11-6-5-7-12(16-11)10-15-17-13-8-3-4-9-14(13)18(15)2/h3-4,8-9,11-12,16H,5-7,10H2,1-2H3. The third-order valence-electron chi connectivity index (χ3n) is 4.02. The number of nitrogens with one attached hydrogen (secondary N) is 1. The van der Waals surface area contributed by atoms with Crippen molar-refractivity contribution in [3.8, 4) is 0 Å². The number of para-hydroxylation sites is 2. The molecule has 1 aromatic carbocycles. The normalized spacial score (nSPS) is 24.6. The van der Waals surface area contributed by atoms with Crippen LogP contribution in [0.1, 0.15) is 32.0 Å². The van der Waals surface area contributed by atoms with Gasteiger partial charge in [0.25, 0.3) is 0 Å². The quantitative estimate of drug-likeness (QED) is 0.878. The van der Waals surface area contributed by atoms with Gasteiger partial charge in [0.05, 0.1) is 11.0 Å². The van der Waals surface area contributed by atoms with Crippen LogP contribution in [0.25, 0.3) is 11.0 Å². The molecule has 0 radical (unpaired) electrons. The van der Waals surface area contributed by atoms with E-state index in [1.165, 1.54) is 30.6 Å². The lowest BCUT2D eigenvalue weighted by Crippen LogP contribution is -2.42. The largest absolute Gasteiger partial charge is 0.331 e. The zero-order valence-corrected chi connectivity index (χ0v) is 11.2. The van der Waals surface area contributed by atoms with Crippen molar-refractivity contribution >= 4 is 11.0 Å². The Morgan fingerprint density at radius 1 is 1.33 bits per heavy atom. The van der Waals surface area contributed by atoms with Crippen molar-refractivity contribution < 1.29 is 0 Å². The highest BCUT2D eigenvalue weighted by atomic mass is 15.1. The SMILES string of the molecule is CC1CCCC(Cc2nc3ccccc3n2C)N1. The van der Waals surface area contributed by atoms with E-state index in [4.69, 9.17) is 4.98 Å². The van der Waals surface area contributed by atoms with Crippen molar-refractivity contribution in [2.75, 3.05) is 0 Å². The average Bonchev–Trinajstić information content (AvgIpc) is 2.67. The number of imidazole rings is 1. The maximum Gasteiger partial charge on any atom is 0.111 e. The van der Waals surface area contributed by atoms with Crippen molar-refractivity contribution in [1.29, 1.82) is 0 Å². The lowest BCUT2D eigenvalue weighted by atomic mass is 9.97. The molecule has 1 N–H and O–H groups in total. The topological polar surface area (TPSA) is 29.9 Å². The number of hydrogen-bond acceptors (Lipinski definition) is 2. The Balaban J connectivity index is 1.84. The number of nitrogens with zero attached hydrogens (tertiary/aromatic N) is 2. The lowest BCUT2D eigenvalue weighted by Gasteiger charge is -2.28. The fourth-order valence-corrected chi connectivity index (χ4v) is 3.00. The summed E-state index contributed by atoms with van der Waals surface area (Å²) in [6.07, 6.45) is 4.95. The van der Waals surface area contributed by atoms with Gasteiger partial charge in [-0.2, -0.15) is 0 Å². The van der Waals surface area contributed by atoms with Crippen molar-refractivity contribution in [2.24, 2.45) is 7.05 Å². The number of hydrogen-bond donors (Lipinski definition) is 1. The summed E-state index contributed by atoms with van der Waals surface area (Å²) in [5, 5.41) is 3.68. The highest BCUT2D eigenvalue weighted by Crippen LogP contribution is 2.19. The van der Waals surface area contributed by atoms with Crippen LogP contribution in [0.4, 0.5) is 0 Å². The minimum Gasteiger partial charge on any atom is -0.331 e. The molecule has 0 aliphatic carbocycles. The van der Waals surface area contributed by atoms with Crippen LogP contribution in [-0.2, 0) is 13.5 Å². The molecule has 18 heavy (non-hydrogen) atoms. The molecular weight excluding hydrogens is 222 g/mol. The number of benzene rings is 1. The lowest BCUT2D eigenvalue weighted by molar-refractivity contribution is 0.329. The first-order valence-electron chi connectivity index (χ1n) is 6.90. The van der Waals surface area contributed by atoms with Gasteiger partial charge in [0, 0.05) is 25.6 Å². The van der Waals surface area contributed by atoms with Gasteiger partial charge in [-0.25, -0.2) is 4.98 Å². The molecule has 1 aliphatic heterocycles. The van der Waals surface area contributed by atoms with Crippen LogP contribution in [-0.4, -0.2) is 21.6 Å². The van der Waals surface area contributed by atoms with Crippen LogP contribution in [0.5, 0.6) is 0 Å². The third-order valence-corrected chi connectivity index (χ3v) is 4.02. The summed E-state index contributed by atoms with van der Waals surface area (Å²) in [4.78, 5) is 4.75. The molecule has 0 bridgehead atoms. The smallest absolute Gasteiger partial charge is 0.111 e. The van der Waals surface area contributed by atoms with E-state index in [9.17, 15) is 0 Å². The summed E-state index contributed by atoms with van der Waals surface area (Å²) < 4.78 is 2.23. The number of aromatic nitrogens is 2. The molecule has 2 aromatic rings. The van der Waals surface area contributed by atoms with Gasteiger partial charge < -0.3 is 9.88 Å². The fraction of sp³-hybridized carbons (Fsp3) is 0.533. The van der Waals surface area contributed by atoms with Gasteiger partial charge in [-0.1, -0.05) is 18.6 Å². The van der Waals surface area contributed by atoms with Gasteiger partial charge in [0.1, 0.15) is 5.82 Å². The molecule has 1 fully saturated rings. The van der Waals surface area contributed by atoms with Crippen molar-refractivity contribution in [3.63, 3.8) is 0 Å². The minimum atomic E-state index is 0.587. The maximum atomic E-state index is 4.75. The third kappa shape index (κ3) is 2.15. The molecule has 96 valence electrons. The molecular formula is C15H21N3. The molecule has 2 heterocycles. The maximum absolute atomic E-state index is 4.75. The van der Waals surface area contributed by atoms with Gasteiger partial charge in [-0.05, 0) is 31.9 Å². The Morgan fingerprint density at radius 3 is 2.94 bits per heavy atom. The summed E-state index contributed by atoms with van der Waals surface area (Å²) >= 11 is 0. The molecule has 0 saturated carbocycles. The molecule has 2 unspecified atom stereocenters. The van der Waals surface area contributed by atoms with E-state index in [2.05, 4.69) is 48.1 Å². The first-order valence-corrected chi connectivity index (χ1v) is 6.90. The molecule has 1 aromatic heterocycles. The van der Waals surface area contributed by atoms with Gasteiger partial charge in [0.15, 0.2) is 0 Å². The van der Waals surface area contributed by atoms with E-state index in [0.29, 0.717) is 12.1 Å². The highest BCUT2D eigenvalue weighted by Gasteiger charge is 2.20. The minimum absolute atomic E-state index is 0.587. The second-order valence-electron chi connectivity index (χ2n) is 5.48. The summed E-state index contributed by atoms with van der Waals surface area (Å²) in [5.41, 5.74) is 2.34. The Labute approximate surface area is 108 Å². The van der Waals surface area contributed by atoms with Crippen molar-refractivity contribution in [1.82, 2.24) is 14.9 Å². The molecule has 3 nitrogen and oxygen atoms in total. The molecule has 3 heteroatoms. The molecule has 0 spiro atoms. The molecule has 2 atom stereocenters. The van der Waals surface area contributed by atoms with Gasteiger partial charge in [-0.3, -0.25) is 0 Å². The monoisotopic (exact) mass is 243 g/mol. The second-order valence-corrected chi connectivity index (χ2v) is 5.48. The average molecular weight is 243 g/mol. The Hall–Kier alpha value is -1.35. The predicted molar refractivity (Wildman–Crippen MR) is 74.7 cm³/mol. The van der Waals surface area contributed by atoms with Crippen LogP contribution in [0.3, 0.4) is 0 Å². The van der Waals surface area contributed by atoms with E-state index in [0.717, 1.165) is 11.9 Å². The Morgan fingerprint density at radius 2 is 2.17 bits per heavy atom. The van der Waals surface area contributed by atoms with Crippen LogP contribution < -0.4 is 5.32 Å². The first-order chi connectivity index (χ1) is 8.74. The number of fused-ring (bicyclic) bond motifs is 1. The number of rotatable bonds is 2. The van der Waals surface area contributed by atoms with E-state index in [1.54, 1.807) is 0 Å².